The van der Waals surface area contributed by atoms with Crippen LogP contribution in [0.5, 0.6) is 0 Å². The van der Waals surface area contributed by atoms with Crippen LogP contribution in [0.25, 0.3) is 0 Å². The molecule has 1 amide bonds. The molecule has 1 atom stereocenters. The van der Waals surface area contributed by atoms with Gasteiger partial charge in [0.25, 0.3) is 0 Å². The molecule has 0 spiro atoms. The van der Waals surface area contributed by atoms with Crippen molar-refractivity contribution in [2.45, 2.75) is 88.9 Å². The molecular formula is C28H40F3N3O4Si. The van der Waals surface area contributed by atoms with Gasteiger partial charge in [0, 0.05) is 51.1 Å². The topological polar surface area (TPSA) is 65.8 Å². The number of amides is 1. The van der Waals surface area contributed by atoms with Crippen LogP contribution < -0.4 is 0 Å². The van der Waals surface area contributed by atoms with Crippen LogP contribution in [0.1, 0.15) is 61.6 Å². The second-order valence-corrected chi connectivity index (χ2v) is 17.4. The molecular weight excluding hydrogens is 527 g/mol. The van der Waals surface area contributed by atoms with E-state index in [2.05, 4.69) is 24.7 Å². The van der Waals surface area contributed by atoms with Crippen molar-refractivity contribution < 1.29 is 32.2 Å². The molecule has 2 heterocycles. The molecule has 11 heteroatoms. The summed E-state index contributed by atoms with van der Waals surface area (Å²) < 4.78 is 60.8. The summed E-state index contributed by atoms with van der Waals surface area (Å²) in [6, 6.07) is 4.86. The number of piperidine rings is 1. The zero-order chi connectivity index (χ0) is 28.0. The summed E-state index contributed by atoms with van der Waals surface area (Å²) in [6.07, 6.45) is 5.02. The van der Waals surface area contributed by atoms with Gasteiger partial charge in [0.2, 0.25) is 0 Å². The van der Waals surface area contributed by atoms with Crippen LogP contribution in [-0.2, 0) is 20.9 Å². The van der Waals surface area contributed by atoms with E-state index < -0.39 is 37.5 Å². The van der Waals surface area contributed by atoms with Crippen molar-refractivity contribution in [2.24, 2.45) is 0 Å². The number of rotatable bonds is 10. The number of hydrogen-bond donors (Lipinski definition) is 0. The standard InChI is InChI=1S/C28H40F3N3O4Si/c1-39(2,3)16-15-36-18-34-25(12-13-32-34)21-5-4-14-33(17-21)28(35)38-19-37-22-8-6-20(7-9-22)26-23(29)10-11-24(30)27(26)31/h10-13,20-22H,4-9,14-19H2,1-3H3/t20-,21?,22+. The molecule has 39 heavy (non-hydrogen) atoms. The molecule has 1 aliphatic carbocycles. The minimum absolute atomic E-state index is 0.147. The molecule has 0 bridgehead atoms. The SMILES string of the molecule is C[Si](C)(C)CCOCn1nccc1C1CCCN(C(=O)OCO[C@H]2CC[C@@H](c3c(F)ccc(F)c3F)CC2)C1. The molecule has 2 fully saturated rings. The normalized spacial score (nSPS) is 22.2. The predicted molar refractivity (Wildman–Crippen MR) is 144 cm³/mol. The largest absolute Gasteiger partial charge is 0.422 e. The second kappa shape index (κ2) is 13.3. The van der Waals surface area contributed by atoms with Crippen LogP contribution in [0, 0.1) is 17.5 Å². The summed E-state index contributed by atoms with van der Waals surface area (Å²) in [6.45, 7) is 9.06. The van der Waals surface area contributed by atoms with Crippen LogP contribution in [0.3, 0.4) is 0 Å². The molecule has 0 radical (unpaired) electrons. The molecule has 2 aliphatic rings. The van der Waals surface area contributed by atoms with Crippen molar-refractivity contribution in [2.75, 3.05) is 26.5 Å². The van der Waals surface area contributed by atoms with Gasteiger partial charge in [-0.1, -0.05) is 19.6 Å². The third-order valence-corrected chi connectivity index (χ3v) is 9.41. The highest BCUT2D eigenvalue weighted by Gasteiger charge is 2.30. The molecule has 1 aromatic carbocycles. The first-order valence-electron chi connectivity index (χ1n) is 13.9. The van der Waals surface area contributed by atoms with Gasteiger partial charge in [-0.2, -0.15) is 5.10 Å². The zero-order valence-corrected chi connectivity index (χ0v) is 24.1. The van der Waals surface area contributed by atoms with Gasteiger partial charge in [-0.3, -0.25) is 0 Å². The lowest BCUT2D eigenvalue weighted by Gasteiger charge is -2.33. The van der Waals surface area contributed by atoms with Gasteiger partial charge in [-0.15, -0.1) is 0 Å². The van der Waals surface area contributed by atoms with Crippen molar-refractivity contribution >= 4 is 14.2 Å². The van der Waals surface area contributed by atoms with Crippen molar-refractivity contribution in [1.29, 1.82) is 0 Å². The molecule has 7 nitrogen and oxygen atoms in total. The molecule has 4 rings (SSSR count). The quantitative estimate of drug-likeness (QED) is 0.140. The average molecular weight is 568 g/mol. The summed E-state index contributed by atoms with van der Waals surface area (Å²) in [5, 5.41) is 4.42. The maximum atomic E-state index is 14.1. The highest BCUT2D eigenvalue weighted by molar-refractivity contribution is 6.76. The minimum atomic E-state index is -1.16. The first-order valence-corrected chi connectivity index (χ1v) is 17.6. The van der Waals surface area contributed by atoms with Crippen molar-refractivity contribution in [1.82, 2.24) is 14.7 Å². The smallest absolute Gasteiger partial charge is 0.411 e. The number of carbonyl (C=O) groups excluding carboxylic acids is 1. The van der Waals surface area contributed by atoms with Gasteiger partial charge >= 0.3 is 6.09 Å². The highest BCUT2D eigenvalue weighted by Crippen LogP contribution is 2.37. The van der Waals surface area contributed by atoms with E-state index in [1.165, 1.54) is 0 Å². The Kier molecular flexibility index (Phi) is 10.1. The van der Waals surface area contributed by atoms with E-state index in [1.807, 2.05) is 10.7 Å². The Hall–Kier alpha value is -2.37. The van der Waals surface area contributed by atoms with E-state index >= 15 is 0 Å². The molecule has 1 saturated carbocycles. The van der Waals surface area contributed by atoms with E-state index in [4.69, 9.17) is 14.2 Å². The van der Waals surface area contributed by atoms with Gasteiger partial charge in [0.05, 0.1) is 6.10 Å². The third-order valence-electron chi connectivity index (χ3n) is 7.71. The number of nitrogens with zero attached hydrogens (tertiary/aromatic N) is 3. The molecule has 216 valence electrons. The summed E-state index contributed by atoms with van der Waals surface area (Å²) in [5.74, 6) is -3.11. The molecule has 1 unspecified atom stereocenters. The Morgan fingerprint density at radius 2 is 1.77 bits per heavy atom. The van der Waals surface area contributed by atoms with Crippen LogP contribution in [0.4, 0.5) is 18.0 Å². The van der Waals surface area contributed by atoms with Gasteiger partial charge in [0.15, 0.2) is 18.4 Å². The van der Waals surface area contributed by atoms with Gasteiger partial charge in [-0.25, -0.2) is 22.6 Å². The van der Waals surface area contributed by atoms with Crippen LogP contribution in [0.2, 0.25) is 25.7 Å². The van der Waals surface area contributed by atoms with Crippen molar-refractivity contribution in [3.8, 4) is 0 Å². The van der Waals surface area contributed by atoms with Gasteiger partial charge < -0.3 is 19.1 Å². The summed E-state index contributed by atoms with van der Waals surface area (Å²) in [4.78, 5) is 14.5. The Morgan fingerprint density at radius 1 is 1.03 bits per heavy atom. The highest BCUT2D eigenvalue weighted by atomic mass is 28.3. The van der Waals surface area contributed by atoms with E-state index in [9.17, 15) is 18.0 Å². The second-order valence-electron chi connectivity index (χ2n) is 11.8. The summed E-state index contributed by atoms with van der Waals surface area (Å²) in [7, 11) is -1.16. The van der Waals surface area contributed by atoms with E-state index in [0.29, 0.717) is 45.5 Å². The molecule has 1 aliphatic heterocycles. The lowest BCUT2D eigenvalue weighted by atomic mass is 9.82. The van der Waals surface area contributed by atoms with E-state index in [0.717, 1.165) is 43.3 Å². The number of carbonyl (C=O) groups is 1. The molecule has 2 aromatic rings. The fourth-order valence-corrected chi connectivity index (χ4v) is 6.18. The average Bonchev–Trinajstić information content (AvgIpc) is 3.38. The zero-order valence-electron chi connectivity index (χ0n) is 23.1. The predicted octanol–water partition coefficient (Wildman–Crippen LogP) is 6.63. The number of hydrogen-bond acceptors (Lipinski definition) is 5. The number of likely N-dealkylation sites (tertiary alicyclic amines) is 1. The first-order chi connectivity index (χ1) is 18.6. The minimum Gasteiger partial charge on any atom is -0.422 e. The molecule has 1 saturated heterocycles. The monoisotopic (exact) mass is 567 g/mol. The Bertz CT molecular complexity index is 1100. The van der Waals surface area contributed by atoms with Gasteiger partial charge in [-0.05, 0) is 68.7 Å². The Labute approximate surface area is 229 Å². The van der Waals surface area contributed by atoms with Crippen molar-refractivity contribution in [3.05, 3.63) is 53.1 Å². The van der Waals surface area contributed by atoms with Crippen LogP contribution >= 0.6 is 0 Å². The number of benzene rings is 1. The van der Waals surface area contributed by atoms with Gasteiger partial charge in [0.1, 0.15) is 12.5 Å². The third kappa shape index (κ3) is 8.08. The first kappa shape index (κ1) is 29.6. The van der Waals surface area contributed by atoms with Crippen molar-refractivity contribution in [3.63, 3.8) is 0 Å². The van der Waals surface area contributed by atoms with Crippen LogP contribution in [-0.4, -0.2) is 61.4 Å². The Morgan fingerprint density at radius 3 is 2.51 bits per heavy atom. The van der Waals surface area contributed by atoms with E-state index in [1.54, 1.807) is 11.1 Å². The Balaban J connectivity index is 1.19. The maximum Gasteiger partial charge on any atom is 0.411 e. The lowest BCUT2D eigenvalue weighted by Crippen LogP contribution is -2.40. The lowest BCUT2D eigenvalue weighted by molar-refractivity contribution is -0.0778. The number of ether oxygens (including phenoxy) is 3. The maximum absolute atomic E-state index is 14.1. The summed E-state index contributed by atoms with van der Waals surface area (Å²) in [5.41, 5.74) is 0.874. The number of aromatic nitrogens is 2. The van der Waals surface area contributed by atoms with Crippen LogP contribution in [0.15, 0.2) is 24.4 Å². The fraction of sp³-hybridized carbons (Fsp3) is 0.643. The molecule has 1 aromatic heterocycles. The molecule has 0 N–H and O–H groups in total. The number of halogens is 3. The fourth-order valence-electron chi connectivity index (χ4n) is 5.42. The van der Waals surface area contributed by atoms with E-state index in [-0.39, 0.29) is 24.4 Å². The summed E-state index contributed by atoms with van der Waals surface area (Å²) >= 11 is 0.